The van der Waals surface area contributed by atoms with Crippen molar-refractivity contribution in [1.29, 1.82) is 0 Å². The summed E-state index contributed by atoms with van der Waals surface area (Å²) in [4.78, 5) is 18.9. The third-order valence-electron chi connectivity index (χ3n) is 5.73. The SMILES string of the molecule is CCNC(=O)CN1CCC(Cn2c(COc3ccccc3)nc3ccccc32)CC1. The monoisotopic (exact) mass is 406 g/mol. The van der Waals surface area contributed by atoms with Gasteiger partial charge in [-0.05, 0) is 63.0 Å². The fourth-order valence-corrected chi connectivity index (χ4v) is 4.15. The van der Waals surface area contributed by atoms with Crippen molar-refractivity contribution in [2.45, 2.75) is 32.9 Å². The van der Waals surface area contributed by atoms with Gasteiger partial charge in [0.1, 0.15) is 18.2 Å². The van der Waals surface area contributed by atoms with Crippen molar-refractivity contribution in [2.75, 3.05) is 26.2 Å². The van der Waals surface area contributed by atoms with E-state index >= 15 is 0 Å². The molecule has 158 valence electrons. The number of imidazole rings is 1. The van der Waals surface area contributed by atoms with E-state index in [1.54, 1.807) is 0 Å². The second-order valence-corrected chi connectivity index (χ2v) is 7.90. The predicted molar refractivity (Wildman–Crippen MR) is 118 cm³/mol. The number of likely N-dealkylation sites (tertiary alicyclic amines) is 1. The zero-order valence-electron chi connectivity index (χ0n) is 17.6. The average Bonchev–Trinajstić information content (AvgIpc) is 3.12. The first-order chi connectivity index (χ1) is 14.7. The molecule has 6 heteroatoms. The van der Waals surface area contributed by atoms with Crippen LogP contribution < -0.4 is 10.1 Å². The van der Waals surface area contributed by atoms with E-state index in [9.17, 15) is 4.79 Å². The summed E-state index contributed by atoms with van der Waals surface area (Å²) >= 11 is 0. The normalized spacial score (nSPS) is 15.4. The Hall–Kier alpha value is -2.86. The summed E-state index contributed by atoms with van der Waals surface area (Å²) in [7, 11) is 0. The molecule has 0 saturated carbocycles. The number of rotatable bonds is 8. The smallest absolute Gasteiger partial charge is 0.234 e. The van der Waals surface area contributed by atoms with Crippen LogP contribution in [0.1, 0.15) is 25.6 Å². The molecule has 1 aliphatic heterocycles. The lowest BCUT2D eigenvalue weighted by Gasteiger charge is -2.32. The number of hydrogen-bond acceptors (Lipinski definition) is 4. The van der Waals surface area contributed by atoms with E-state index in [-0.39, 0.29) is 5.91 Å². The number of ether oxygens (including phenoxy) is 1. The summed E-state index contributed by atoms with van der Waals surface area (Å²) in [6.45, 7) is 6.46. The molecule has 6 nitrogen and oxygen atoms in total. The molecule has 0 atom stereocenters. The maximum Gasteiger partial charge on any atom is 0.234 e. The Balaban J connectivity index is 1.42. The molecule has 1 fully saturated rings. The molecule has 1 saturated heterocycles. The largest absolute Gasteiger partial charge is 0.486 e. The van der Waals surface area contributed by atoms with E-state index < -0.39 is 0 Å². The van der Waals surface area contributed by atoms with Crippen LogP contribution in [0.25, 0.3) is 11.0 Å². The van der Waals surface area contributed by atoms with Crippen LogP contribution in [0.15, 0.2) is 54.6 Å². The number of amides is 1. The van der Waals surface area contributed by atoms with Crippen molar-refractivity contribution in [2.24, 2.45) is 5.92 Å². The predicted octanol–water partition coefficient (Wildman–Crippen LogP) is 3.46. The van der Waals surface area contributed by atoms with E-state index in [1.165, 1.54) is 0 Å². The average molecular weight is 407 g/mol. The minimum absolute atomic E-state index is 0.122. The number of nitrogens with one attached hydrogen (secondary N) is 1. The quantitative estimate of drug-likeness (QED) is 0.622. The summed E-state index contributed by atoms with van der Waals surface area (Å²) < 4.78 is 8.32. The number of likely N-dealkylation sites (N-methyl/N-ethyl adjacent to an activating group) is 1. The van der Waals surface area contributed by atoms with Gasteiger partial charge in [0.15, 0.2) is 0 Å². The standard InChI is InChI=1S/C24H30N4O2/c1-2-25-24(29)17-27-14-12-19(13-15-27)16-28-22-11-7-6-10-21(22)26-23(28)18-30-20-8-4-3-5-9-20/h3-11,19H,2,12-18H2,1H3,(H,25,29). The van der Waals surface area contributed by atoms with Gasteiger partial charge in [0, 0.05) is 13.1 Å². The molecule has 30 heavy (non-hydrogen) atoms. The van der Waals surface area contributed by atoms with Gasteiger partial charge < -0.3 is 14.6 Å². The molecular formula is C24H30N4O2. The molecule has 1 amide bonds. The molecule has 0 radical (unpaired) electrons. The molecule has 0 aliphatic carbocycles. The fourth-order valence-electron chi connectivity index (χ4n) is 4.15. The Labute approximate surface area is 177 Å². The first kappa shape index (κ1) is 20.4. The lowest BCUT2D eigenvalue weighted by atomic mass is 9.96. The van der Waals surface area contributed by atoms with Gasteiger partial charge in [-0.1, -0.05) is 30.3 Å². The zero-order valence-corrected chi connectivity index (χ0v) is 17.6. The lowest BCUT2D eigenvalue weighted by Crippen LogP contribution is -2.42. The van der Waals surface area contributed by atoms with Crippen LogP contribution in [-0.4, -0.2) is 46.5 Å². The maximum absolute atomic E-state index is 11.9. The fraction of sp³-hybridized carbons (Fsp3) is 0.417. The van der Waals surface area contributed by atoms with E-state index in [0.717, 1.165) is 55.1 Å². The molecule has 2 aromatic carbocycles. The number of aromatic nitrogens is 2. The van der Waals surface area contributed by atoms with Gasteiger partial charge in [-0.25, -0.2) is 4.98 Å². The highest BCUT2D eigenvalue weighted by molar-refractivity contribution is 5.78. The Morgan fingerprint density at radius 3 is 2.60 bits per heavy atom. The van der Waals surface area contributed by atoms with E-state index in [0.29, 0.717) is 25.6 Å². The molecule has 1 N–H and O–H groups in total. The van der Waals surface area contributed by atoms with E-state index in [1.807, 2.05) is 43.3 Å². The molecule has 3 aromatic rings. The maximum atomic E-state index is 11.9. The number of fused-ring (bicyclic) bond motifs is 1. The summed E-state index contributed by atoms with van der Waals surface area (Å²) in [5, 5.41) is 2.89. The highest BCUT2D eigenvalue weighted by Gasteiger charge is 2.23. The number of carbonyl (C=O) groups excluding carboxylic acids is 1. The molecule has 0 bridgehead atoms. The van der Waals surface area contributed by atoms with Crippen molar-refractivity contribution in [1.82, 2.24) is 19.8 Å². The lowest BCUT2D eigenvalue weighted by molar-refractivity contribution is -0.122. The van der Waals surface area contributed by atoms with Crippen molar-refractivity contribution >= 4 is 16.9 Å². The Morgan fingerprint density at radius 1 is 1.10 bits per heavy atom. The van der Waals surface area contributed by atoms with Crippen LogP contribution in [0.4, 0.5) is 0 Å². The highest BCUT2D eigenvalue weighted by atomic mass is 16.5. The second kappa shape index (κ2) is 9.76. The van der Waals surface area contributed by atoms with Gasteiger partial charge >= 0.3 is 0 Å². The van der Waals surface area contributed by atoms with E-state index in [4.69, 9.17) is 9.72 Å². The topological polar surface area (TPSA) is 59.4 Å². The van der Waals surface area contributed by atoms with Crippen LogP contribution in [0, 0.1) is 5.92 Å². The van der Waals surface area contributed by atoms with Crippen LogP contribution in [0.5, 0.6) is 5.75 Å². The molecule has 0 unspecified atom stereocenters. The van der Waals surface area contributed by atoms with Gasteiger partial charge in [0.25, 0.3) is 0 Å². The van der Waals surface area contributed by atoms with Crippen LogP contribution in [-0.2, 0) is 17.9 Å². The van der Waals surface area contributed by atoms with Crippen molar-refractivity contribution < 1.29 is 9.53 Å². The first-order valence-electron chi connectivity index (χ1n) is 10.8. The minimum atomic E-state index is 0.122. The molecular weight excluding hydrogens is 376 g/mol. The zero-order chi connectivity index (χ0) is 20.8. The van der Waals surface area contributed by atoms with Crippen molar-refractivity contribution in [3.63, 3.8) is 0 Å². The number of hydrogen-bond donors (Lipinski definition) is 1. The molecule has 1 aromatic heterocycles. The number of para-hydroxylation sites is 3. The first-order valence-corrected chi connectivity index (χ1v) is 10.8. The number of carbonyl (C=O) groups is 1. The second-order valence-electron chi connectivity index (χ2n) is 7.90. The van der Waals surface area contributed by atoms with Gasteiger partial charge in [-0.15, -0.1) is 0 Å². The van der Waals surface area contributed by atoms with Gasteiger partial charge in [-0.3, -0.25) is 9.69 Å². The van der Waals surface area contributed by atoms with Gasteiger partial charge in [0.2, 0.25) is 5.91 Å². The third kappa shape index (κ3) is 5.00. The number of nitrogens with zero attached hydrogens (tertiary/aromatic N) is 3. The summed E-state index contributed by atoms with van der Waals surface area (Å²) in [6, 6.07) is 18.2. The third-order valence-corrected chi connectivity index (χ3v) is 5.73. The number of benzene rings is 2. The minimum Gasteiger partial charge on any atom is -0.486 e. The Bertz CT molecular complexity index is 962. The van der Waals surface area contributed by atoms with Crippen LogP contribution >= 0.6 is 0 Å². The van der Waals surface area contributed by atoms with Gasteiger partial charge in [-0.2, -0.15) is 0 Å². The molecule has 1 aliphatic rings. The molecule has 0 spiro atoms. The van der Waals surface area contributed by atoms with Crippen molar-refractivity contribution in [3.05, 3.63) is 60.4 Å². The number of piperidine rings is 1. The van der Waals surface area contributed by atoms with E-state index in [2.05, 4.69) is 33.0 Å². The highest BCUT2D eigenvalue weighted by Crippen LogP contribution is 2.24. The Morgan fingerprint density at radius 2 is 1.83 bits per heavy atom. The summed E-state index contributed by atoms with van der Waals surface area (Å²) in [5.74, 6) is 2.51. The molecule has 2 heterocycles. The van der Waals surface area contributed by atoms with Crippen LogP contribution in [0.3, 0.4) is 0 Å². The van der Waals surface area contributed by atoms with Gasteiger partial charge in [0.05, 0.1) is 17.6 Å². The molecule has 4 rings (SSSR count). The van der Waals surface area contributed by atoms with Crippen molar-refractivity contribution in [3.8, 4) is 5.75 Å². The van der Waals surface area contributed by atoms with Crippen LogP contribution in [0.2, 0.25) is 0 Å². The summed E-state index contributed by atoms with van der Waals surface area (Å²) in [5.41, 5.74) is 2.17. The Kier molecular flexibility index (Phi) is 6.64. The summed E-state index contributed by atoms with van der Waals surface area (Å²) in [6.07, 6.45) is 2.18.